The summed E-state index contributed by atoms with van der Waals surface area (Å²) in [5, 5.41) is 0. The lowest BCUT2D eigenvalue weighted by Gasteiger charge is -2.03. The van der Waals surface area contributed by atoms with E-state index in [9.17, 15) is 0 Å². The zero-order valence-corrected chi connectivity index (χ0v) is 9.73. The molecule has 0 spiro atoms. The van der Waals surface area contributed by atoms with E-state index in [1.54, 1.807) is 19.4 Å². The van der Waals surface area contributed by atoms with Gasteiger partial charge in [0.2, 0.25) is 0 Å². The van der Waals surface area contributed by atoms with Crippen molar-refractivity contribution in [3.63, 3.8) is 0 Å². The van der Waals surface area contributed by atoms with Gasteiger partial charge >= 0.3 is 0 Å². The third kappa shape index (κ3) is 2.33. The number of halogens is 1. The molecular formula is C11H9BrN2O. The Hall–Kier alpha value is -1.42. The highest BCUT2D eigenvalue weighted by molar-refractivity contribution is 9.10. The quantitative estimate of drug-likeness (QED) is 0.783. The summed E-state index contributed by atoms with van der Waals surface area (Å²) in [6, 6.07) is 9.45. The molecule has 0 unspecified atom stereocenters. The van der Waals surface area contributed by atoms with Crippen molar-refractivity contribution in [1.29, 1.82) is 0 Å². The fourth-order valence-electron chi connectivity index (χ4n) is 1.24. The van der Waals surface area contributed by atoms with Crippen LogP contribution in [0.15, 0.2) is 41.1 Å². The fraction of sp³-hybridized carbons (Fsp3) is 0.0909. The molecule has 1 aromatic heterocycles. The summed E-state index contributed by atoms with van der Waals surface area (Å²) in [6.07, 6.45) is 1.71. The molecule has 0 fully saturated rings. The normalized spacial score (nSPS) is 10.0. The van der Waals surface area contributed by atoms with Crippen LogP contribution in [-0.2, 0) is 0 Å². The number of hydrogen-bond acceptors (Lipinski definition) is 3. The average molecular weight is 265 g/mol. The van der Waals surface area contributed by atoms with Crippen LogP contribution in [0.4, 0.5) is 0 Å². The van der Waals surface area contributed by atoms with Gasteiger partial charge in [0.25, 0.3) is 0 Å². The van der Waals surface area contributed by atoms with E-state index in [0.29, 0.717) is 5.82 Å². The maximum absolute atomic E-state index is 5.14. The second-order valence-electron chi connectivity index (χ2n) is 2.93. The summed E-state index contributed by atoms with van der Waals surface area (Å²) in [6.45, 7) is 0. The lowest BCUT2D eigenvalue weighted by molar-refractivity contribution is 0.415. The summed E-state index contributed by atoms with van der Waals surface area (Å²) in [5.41, 5.74) is 0.940. The number of hydrogen-bond donors (Lipinski definition) is 0. The van der Waals surface area contributed by atoms with E-state index < -0.39 is 0 Å². The molecule has 0 amide bonds. The Morgan fingerprint density at radius 2 is 2.13 bits per heavy atom. The molecule has 0 aliphatic carbocycles. The van der Waals surface area contributed by atoms with Crippen LogP contribution in [0.1, 0.15) is 0 Å². The fourth-order valence-corrected chi connectivity index (χ4v) is 1.52. The van der Waals surface area contributed by atoms with Gasteiger partial charge in [-0.15, -0.1) is 0 Å². The zero-order chi connectivity index (χ0) is 10.7. The van der Waals surface area contributed by atoms with Gasteiger partial charge in [-0.05, 0) is 34.1 Å². The summed E-state index contributed by atoms with van der Waals surface area (Å²) >= 11 is 3.31. The zero-order valence-electron chi connectivity index (χ0n) is 8.14. The van der Waals surface area contributed by atoms with Crippen molar-refractivity contribution in [2.45, 2.75) is 0 Å². The predicted octanol–water partition coefficient (Wildman–Crippen LogP) is 2.91. The van der Waals surface area contributed by atoms with Crippen LogP contribution in [0.3, 0.4) is 0 Å². The minimum atomic E-state index is 0.684. The highest BCUT2D eigenvalue weighted by atomic mass is 79.9. The van der Waals surface area contributed by atoms with Gasteiger partial charge in [-0.1, -0.05) is 12.1 Å². The van der Waals surface area contributed by atoms with E-state index in [1.807, 2.05) is 24.3 Å². The van der Waals surface area contributed by atoms with Crippen molar-refractivity contribution in [1.82, 2.24) is 9.97 Å². The van der Waals surface area contributed by atoms with E-state index in [2.05, 4.69) is 25.9 Å². The third-order valence-electron chi connectivity index (χ3n) is 1.95. The molecule has 1 heterocycles. The maximum Gasteiger partial charge on any atom is 0.160 e. The lowest BCUT2D eigenvalue weighted by atomic mass is 10.2. The van der Waals surface area contributed by atoms with Crippen molar-refractivity contribution in [2.75, 3.05) is 7.11 Å². The van der Waals surface area contributed by atoms with Gasteiger partial charge in [0, 0.05) is 11.8 Å². The molecular weight excluding hydrogens is 256 g/mol. The van der Waals surface area contributed by atoms with Gasteiger partial charge in [-0.25, -0.2) is 9.97 Å². The standard InChI is InChI=1S/C11H9BrN2O/c1-15-9-4-2-3-8(7-9)11-13-6-5-10(12)14-11/h2-7H,1H3. The van der Waals surface area contributed by atoms with E-state index in [-0.39, 0.29) is 0 Å². The maximum atomic E-state index is 5.14. The van der Waals surface area contributed by atoms with E-state index in [0.717, 1.165) is 15.9 Å². The van der Waals surface area contributed by atoms with Gasteiger partial charge in [-0.3, -0.25) is 0 Å². The van der Waals surface area contributed by atoms with Gasteiger partial charge in [0.1, 0.15) is 10.4 Å². The van der Waals surface area contributed by atoms with Crippen molar-refractivity contribution < 1.29 is 4.74 Å². The Morgan fingerprint density at radius 3 is 2.87 bits per heavy atom. The molecule has 0 aliphatic heterocycles. The van der Waals surface area contributed by atoms with Crippen LogP contribution in [0.2, 0.25) is 0 Å². The predicted molar refractivity (Wildman–Crippen MR) is 61.7 cm³/mol. The molecule has 0 aliphatic rings. The molecule has 1 aromatic carbocycles. The highest BCUT2D eigenvalue weighted by Crippen LogP contribution is 2.21. The van der Waals surface area contributed by atoms with E-state index >= 15 is 0 Å². The first kappa shape index (κ1) is 10.1. The second kappa shape index (κ2) is 4.40. The summed E-state index contributed by atoms with van der Waals surface area (Å²) < 4.78 is 5.91. The van der Waals surface area contributed by atoms with Gasteiger partial charge in [0.15, 0.2) is 5.82 Å². The number of ether oxygens (including phenoxy) is 1. The SMILES string of the molecule is COc1cccc(-c2nccc(Br)n2)c1. The summed E-state index contributed by atoms with van der Waals surface area (Å²) in [7, 11) is 1.64. The third-order valence-corrected chi connectivity index (χ3v) is 2.39. The Labute approximate surface area is 96.3 Å². The molecule has 0 bridgehead atoms. The van der Waals surface area contributed by atoms with Crippen molar-refractivity contribution >= 4 is 15.9 Å². The first-order valence-corrected chi connectivity index (χ1v) is 5.22. The van der Waals surface area contributed by atoms with E-state index in [4.69, 9.17) is 4.74 Å². The second-order valence-corrected chi connectivity index (χ2v) is 3.75. The number of methoxy groups -OCH3 is 1. The van der Waals surface area contributed by atoms with Crippen LogP contribution in [0, 0.1) is 0 Å². The van der Waals surface area contributed by atoms with Crippen LogP contribution >= 0.6 is 15.9 Å². The molecule has 76 valence electrons. The number of aromatic nitrogens is 2. The Kier molecular flexibility index (Phi) is 2.97. The number of benzene rings is 1. The highest BCUT2D eigenvalue weighted by Gasteiger charge is 2.02. The van der Waals surface area contributed by atoms with Crippen LogP contribution in [0.25, 0.3) is 11.4 Å². The molecule has 0 saturated heterocycles. The monoisotopic (exact) mass is 264 g/mol. The number of nitrogens with zero attached hydrogens (tertiary/aromatic N) is 2. The molecule has 0 N–H and O–H groups in total. The van der Waals surface area contributed by atoms with Crippen LogP contribution < -0.4 is 4.74 Å². The van der Waals surface area contributed by atoms with Gasteiger partial charge in [-0.2, -0.15) is 0 Å². The lowest BCUT2D eigenvalue weighted by Crippen LogP contribution is -1.89. The van der Waals surface area contributed by atoms with Gasteiger partial charge < -0.3 is 4.74 Å². The molecule has 0 radical (unpaired) electrons. The topological polar surface area (TPSA) is 35.0 Å². The Bertz CT molecular complexity index is 474. The van der Waals surface area contributed by atoms with Crippen molar-refractivity contribution in [2.24, 2.45) is 0 Å². The molecule has 4 heteroatoms. The summed E-state index contributed by atoms with van der Waals surface area (Å²) in [4.78, 5) is 8.46. The Morgan fingerprint density at radius 1 is 1.27 bits per heavy atom. The average Bonchev–Trinajstić information content (AvgIpc) is 2.29. The molecule has 0 saturated carbocycles. The van der Waals surface area contributed by atoms with Crippen LogP contribution in [0.5, 0.6) is 5.75 Å². The van der Waals surface area contributed by atoms with Gasteiger partial charge in [0.05, 0.1) is 7.11 Å². The van der Waals surface area contributed by atoms with E-state index in [1.165, 1.54) is 0 Å². The Balaban J connectivity index is 2.44. The van der Waals surface area contributed by atoms with Crippen LogP contribution in [-0.4, -0.2) is 17.1 Å². The molecule has 3 nitrogen and oxygen atoms in total. The largest absolute Gasteiger partial charge is 0.497 e. The molecule has 15 heavy (non-hydrogen) atoms. The smallest absolute Gasteiger partial charge is 0.160 e. The van der Waals surface area contributed by atoms with Crippen molar-refractivity contribution in [3.8, 4) is 17.1 Å². The molecule has 2 rings (SSSR count). The molecule has 0 atom stereocenters. The molecule has 2 aromatic rings. The summed E-state index contributed by atoms with van der Waals surface area (Å²) in [5.74, 6) is 1.49. The first-order chi connectivity index (χ1) is 7.29. The minimum absolute atomic E-state index is 0.684. The first-order valence-electron chi connectivity index (χ1n) is 4.42. The van der Waals surface area contributed by atoms with Crippen molar-refractivity contribution in [3.05, 3.63) is 41.1 Å². The number of rotatable bonds is 2. The minimum Gasteiger partial charge on any atom is -0.497 e.